The first-order valence-electron chi connectivity index (χ1n) is 32.8. The van der Waals surface area contributed by atoms with Gasteiger partial charge in [-0.2, -0.15) is 0 Å². The SMILES string of the molecule is CCCCCCCCCCCCCCCCCCCCC/C=C/C(O)C(CO)NC(=O)CCCCCCCCC/C=C\C/C=C\CCCCCOC(=O)CCCCCCCCCCCCCCCCCCCC. The van der Waals surface area contributed by atoms with Gasteiger partial charge in [-0.3, -0.25) is 9.59 Å². The Balaban J connectivity index is 3.50. The summed E-state index contributed by atoms with van der Waals surface area (Å²) in [4.78, 5) is 24.6. The van der Waals surface area contributed by atoms with Gasteiger partial charge in [0.15, 0.2) is 0 Å². The van der Waals surface area contributed by atoms with Crippen molar-refractivity contribution in [2.75, 3.05) is 13.2 Å². The highest BCUT2D eigenvalue weighted by Gasteiger charge is 2.18. The molecular formula is C67H127NO5. The normalized spacial score (nSPS) is 12.8. The van der Waals surface area contributed by atoms with Gasteiger partial charge in [0, 0.05) is 12.8 Å². The molecule has 0 aliphatic carbocycles. The van der Waals surface area contributed by atoms with Crippen LogP contribution in [0.3, 0.4) is 0 Å². The molecule has 0 saturated heterocycles. The molecule has 2 unspecified atom stereocenters. The second-order valence-electron chi connectivity index (χ2n) is 22.5. The minimum Gasteiger partial charge on any atom is -0.466 e. The number of esters is 1. The zero-order chi connectivity index (χ0) is 52.9. The molecule has 0 aromatic rings. The summed E-state index contributed by atoms with van der Waals surface area (Å²) >= 11 is 0. The molecule has 6 heteroatoms. The number of hydrogen-bond acceptors (Lipinski definition) is 5. The highest BCUT2D eigenvalue weighted by Crippen LogP contribution is 2.18. The summed E-state index contributed by atoms with van der Waals surface area (Å²) in [7, 11) is 0. The van der Waals surface area contributed by atoms with Crippen molar-refractivity contribution in [1.82, 2.24) is 5.32 Å². The van der Waals surface area contributed by atoms with Crippen molar-refractivity contribution in [3.63, 3.8) is 0 Å². The Hall–Kier alpha value is -1.92. The third-order valence-electron chi connectivity index (χ3n) is 15.2. The van der Waals surface area contributed by atoms with Crippen LogP contribution < -0.4 is 5.32 Å². The molecular weight excluding hydrogens is 899 g/mol. The van der Waals surface area contributed by atoms with Crippen LogP contribution >= 0.6 is 0 Å². The summed E-state index contributed by atoms with van der Waals surface area (Å²) in [6.45, 7) is 4.89. The number of ether oxygens (including phenoxy) is 1. The summed E-state index contributed by atoms with van der Waals surface area (Å²) in [5.41, 5.74) is 0. The number of aliphatic hydroxyl groups excluding tert-OH is 2. The molecule has 3 N–H and O–H groups in total. The maximum atomic E-state index is 12.5. The molecule has 6 nitrogen and oxygen atoms in total. The van der Waals surface area contributed by atoms with Gasteiger partial charge < -0.3 is 20.3 Å². The maximum absolute atomic E-state index is 12.5. The lowest BCUT2D eigenvalue weighted by atomic mass is 10.0. The molecule has 73 heavy (non-hydrogen) atoms. The van der Waals surface area contributed by atoms with Gasteiger partial charge in [-0.15, -0.1) is 0 Å². The van der Waals surface area contributed by atoms with Crippen LogP contribution in [0.1, 0.15) is 354 Å². The number of allylic oxidation sites excluding steroid dienone is 5. The number of rotatable bonds is 61. The first kappa shape index (κ1) is 71.1. The van der Waals surface area contributed by atoms with Gasteiger partial charge in [0.1, 0.15) is 0 Å². The second kappa shape index (κ2) is 62.6. The van der Waals surface area contributed by atoms with Gasteiger partial charge in [-0.05, 0) is 70.6 Å². The van der Waals surface area contributed by atoms with E-state index >= 15 is 0 Å². The van der Waals surface area contributed by atoms with Gasteiger partial charge in [0.05, 0.1) is 25.4 Å². The zero-order valence-corrected chi connectivity index (χ0v) is 49.1. The van der Waals surface area contributed by atoms with Crippen molar-refractivity contribution >= 4 is 11.9 Å². The average molecular weight is 1030 g/mol. The Kier molecular flexibility index (Phi) is 61.0. The number of amides is 1. The van der Waals surface area contributed by atoms with Crippen LogP contribution in [0.5, 0.6) is 0 Å². The minimum atomic E-state index is -0.856. The highest BCUT2D eigenvalue weighted by molar-refractivity contribution is 5.76. The van der Waals surface area contributed by atoms with E-state index in [2.05, 4.69) is 43.5 Å². The monoisotopic (exact) mass is 1030 g/mol. The Morgan fingerprint density at radius 1 is 0.384 bits per heavy atom. The van der Waals surface area contributed by atoms with Crippen LogP contribution in [0, 0.1) is 0 Å². The van der Waals surface area contributed by atoms with E-state index in [1.807, 2.05) is 6.08 Å². The van der Waals surface area contributed by atoms with E-state index < -0.39 is 12.1 Å². The average Bonchev–Trinajstić information content (AvgIpc) is 3.39. The molecule has 2 atom stereocenters. The molecule has 0 aromatic heterocycles. The fourth-order valence-corrected chi connectivity index (χ4v) is 10.1. The minimum absolute atomic E-state index is 0.0116. The predicted octanol–water partition coefficient (Wildman–Crippen LogP) is 20.8. The van der Waals surface area contributed by atoms with Gasteiger partial charge in [0.25, 0.3) is 0 Å². The standard InChI is InChI=1S/C67H127NO5/c1-3-5-7-9-11-13-15-17-19-21-23-24-25-27-31-35-39-43-47-51-55-59-65(70)64(63-69)68-66(71)60-56-52-48-44-40-36-32-28-26-30-34-38-42-46-50-54-58-62-73-67(72)61-57-53-49-45-41-37-33-29-22-20-18-16-14-12-10-8-6-4-2/h26,30,38,42,55,59,64-65,69-70H,3-25,27-29,31-37,39-41,43-54,56-58,60-63H2,1-2H3,(H,68,71)/b30-26-,42-38-,59-55+. The van der Waals surface area contributed by atoms with E-state index in [1.165, 1.54) is 244 Å². The largest absolute Gasteiger partial charge is 0.466 e. The fourth-order valence-electron chi connectivity index (χ4n) is 10.1. The number of unbranched alkanes of at least 4 members (excludes halogenated alkanes) is 46. The molecule has 0 rings (SSSR count). The zero-order valence-electron chi connectivity index (χ0n) is 49.1. The number of carbonyl (C=O) groups excluding carboxylic acids is 2. The maximum Gasteiger partial charge on any atom is 0.305 e. The van der Waals surface area contributed by atoms with Crippen LogP contribution in [-0.4, -0.2) is 47.4 Å². The van der Waals surface area contributed by atoms with Crippen molar-refractivity contribution in [3.8, 4) is 0 Å². The Morgan fingerprint density at radius 3 is 1.04 bits per heavy atom. The Labute approximate surface area is 455 Å². The number of aliphatic hydroxyl groups is 2. The van der Waals surface area contributed by atoms with Gasteiger partial charge in [0.2, 0.25) is 5.91 Å². The fraction of sp³-hybridized carbons (Fsp3) is 0.881. The van der Waals surface area contributed by atoms with Crippen LogP contribution in [-0.2, 0) is 14.3 Å². The summed E-state index contributed by atoms with van der Waals surface area (Å²) in [5, 5.41) is 23.2. The van der Waals surface area contributed by atoms with Gasteiger partial charge in [-0.25, -0.2) is 0 Å². The molecule has 0 aliphatic rings. The van der Waals surface area contributed by atoms with Crippen molar-refractivity contribution in [3.05, 3.63) is 36.5 Å². The molecule has 0 bridgehead atoms. The molecule has 1 amide bonds. The summed E-state index contributed by atoms with van der Waals surface area (Å²) in [6.07, 6.45) is 79.1. The van der Waals surface area contributed by atoms with E-state index in [1.54, 1.807) is 6.08 Å². The van der Waals surface area contributed by atoms with E-state index in [-0.39, 0.29) is 18.5 Å². The summed E-state index contributed by atoms with van der Waals surface area (Å²) in [6, 6.07) is -0.641. The molecule has 430 valence electrons. The van der Waals surface area contributed by atoms with Crippen LogP contribution in [0.15, 0.2) is 36.5 Å². The van der Waals surface area contributed by atoms with Crippen molar-refractivity contribution in [2.45, 2.75) is 366 Å². The summed E-state index contributed by atoms with van der Waals surface area (Å²) in [5.74, 6) is -0.0927. The molecule has 0 aliphatic heterocycles. The van der Waals surface area contributed by atoms with Crippen molar-refractivity contribution in [2.24, 2.45) is 0 Å². The van der Waals surface area contributed by atoms with Gasteiger partial charge >= 0.3 is 5.97 Å². The quantitative estimate of drug-likeness (QED) is 0.0320. The van der Waals surface area contributed by atoms with Crippen LogP contribution in [0.2, 0.25) is 0 Å². The lowest BCUT2D eigenvalue weighted by molar-refractivity contribution is -0.143. The van der Waals surface area contributed by atoms with Crippen LogP contribution in [0.4, 0.5) is 0 Å². The second-order valence-corrected chi connectivity index (χ2v) is 22.5. The molecule has 0 spiro atoms. The number of hydrogen-bond donors (Lipinski definition) is 3. The third-order valence-corrected chi connectivity index (χ3v) is 15.2. The Morgan fingerprint density at radius 2 is 0.685 bits per heavy atom. The lowest BCUT2D eigenvalue weighted by Crippen LogP contribution is -2.45. The molecule has 0 radical (unpaired) electrons. The van der Waals surface area contributed by atoms with Crippen LogP contribution in [0.25, 0.3) is 0 Å². The third kappa shape index (κ3) is 59.2. The predicted molar refractivity (Wildman–Crippen MR) is 319 cm³/mol. The molecule has 0 fully saturated rings. The summed E-state index contributed by atoms with van der Waals surface area (Å²) < 4.78 is 5.47. The van der Waals surface area contributed by atoms with Crippen molar-refractivity contribution < 1.29 is 24.5 Å². The first-order chi connectivity index (χ1) is 36.0. The topological polar surface area (TPSA) is 95.9 Å². The molecule has 0 aromatic carbocycles. The highest BCUT2D eigenvalue weighted by atomic mass is 16.5. The van der Waals surface area contributed by atoms with E-state index in [0.29, 0.717) is 19.4 Å². The van der Waals surface area contributed by atoms with E-state index in [4.69, 9.17) is 4.74 Å². The van der Waals surface area contributed by atoms with E-state index in [0.717, 1.165) is 83.5 Å². The lowest BCUT2D eigenvalue weighted by Gasteiger charge is -2.20. The first-order valence-corrected chi connectivity index (χ1v) is 32.8. The number of carbonyl (C=O) groups is 2. The Bertz CT molecular complexity index is 1180. The molecule has 0 saturated carbocycles. The van der Waals surface area contributed by atoms with E-state index in [9.17, 15) is 19.8 Å². The van der Waals surface area contributed by atoms with Gasteiger partial charge in [-0.1, -0.05) is 307 Å². The molecule has 0 heterocycles. The smallest absolute Gasteiger partial charge is 0.305 e. The number of nitrogens with one attached hydrogen (secondary N) is 1. The van der Waals surface area contributed by atoms with Crippen molar-refractivity contribution in [1.29, 1.82) is 0 Å².